The van der Waals surface area contributed by atoms with Crippen molar-refractivity contribution in [1.82, 2.24) is 5.32 Å². The van der Waals surface area contributed by atoms with Gasteiger partial charge in [0.2, 0.25) is 0 Å². The Bertz CT molecular complexity index is 472. The minimum atomic E-state index is -0.581. The molecular formula is C16H21NO3. The predicted molar refractivity (Wildman–Crippen MR) is 77.3 cm³/mol. The van der Waals surface area contributed by atoms with E-state index in [1.807, 2.05) is 56.3 Å². The highest BCUT2D eigenvalue weighted by molar-refractivity contribution is 5.71. The average molecular weight is 275 g/mol. The minimum Gasteiger partial charge on any atom is -0.437 e. The lowest BCUT2D eigenvalue weighted by atomic mass is 9.95. The molecule has 2 atom stereocenters. The number of rotatable bonds is 6. The van der Waals surface area contributed by atoms with Crippen LogP contribution in [0.4, 0.5) is 4.79 Å². The molecule has 0 radical (unpaired) electrons. The SMILES string of the molecule is CC[C@@H]1NC(=O)O[C@]1(C)/C=C/COCc1ccccc1. The molecule has 2 rings (SSSR count). The van der Waals surface area contributed by atoms with Crippen LogP contribution in [0.3, 0.4) is 0 Å². The van der Waals surface area contributed by atoms with E-state index in [-0.39, 0.29) is 12.1 Å². The maximum absolute atomic E-state index is 11.3. The Morgan fingerprint density at radius 3 is 2.85 bits per heavy atom. The molecule has 108 valence electrons. The fraction of sp³-hybridized carbons (Fsp3) is 0.438. The molecule has 0 saturated carbocycles. The number of hydrogen-bond acceptors (Lipinski definition) is 3. The number of alkyl carbamates (subject to hydrolysis) is 1. The fourth-order valence-corrected chi connectivity index (χ4v) is 2.34. The van der Waals surface area contributed by atoms with Crippen LogP contribution in [0.1, 0.15) is 25.8 Å². The molecule has 1 aromatic carbocycles. The first-order valence-corrected chi connectivity index (χ1v) is 6.93. The van der Waals surface area contributed by atoms with Gasteiger partial charge in [-0.15, -0.1) is 0 Å². The summed E-state index contributed by atoms with van der Waals surface area (Å²) >= 11 is 0. The average Bonchev–Trinajstić information content (AvgIpc) is 2.74. The topological polar surface area (TPSA) is 47.6 Å². The number of hydrogen-bond donors (Lipinski definition) is 1. The number of cyclic esters (lactones) is 1. The summed E-state index contributed by atoms with van der Waals surface area (Å²) in [6.07, 6.45) is 4.29. The maximum atomic E-state index is 11.3. The van der Waals surface area contributed by atoms with Crippen LogP contribution in [0.5, 0.6) is 0 Å². The van der Waals surface area contributed by atoms with Crippen molar-refractivity contribution in [2.24, 2.45) is 0 Å². The molecule has 0 spiro atoms. The zero-order valence-electron chi connectivity index (χ0n) is 12.0. The van der Waals surface area contributed by atoms with Gasteiger partial charge in [-0.2, -0.15) is 0 Å². The van der Waals surface area contributed by atoms with E-state index in [9.17, 15) is 4.79 Å². The molecule has 0 unspecified atom stereocenters. The second kappa shape index (κ2) is 6.57. The molecule has 1 fully saturated rings. The van der Waals surface area contributed by atoms with Crippen LogP contribution in [0.2, 0.25) is 0 Å². The molecule has 1 saturated heterocycles. The van der Waals surface area contributed by atoms with Gasteiger partial charge in [0.05, 0.1) is 19.3 Å². The first-order valence-electron chi connectivity index (χ1n) is 6.93. The van der Waals surface area contributed by atoms with Gasteiger partial charge in [-0.1, -0.05) is 43.3 Å². The third-order valence-electron chi connectivity index (χ3n) is 3.48. The molecule has 1 N–H and O–H groups in total. The van der Waals surface area contributed by atoms with Gasteiger partial charge in [-0.25, -0.2) is 4.79 Å². The van der Waals surface area contributed by atoms with Gasteiger partial charge in [0, 0.05) is 0 Å². The molecule has 1 aromatic rings. The Morgan fingerprint density at radius 1 is 1.40 bits per heavy atom. The van der Waals surface area contributed by atoms with E-state index in [1.165, 1.54) is 0 Å². The van der Waals surface area contributed by atoms with Crippen molar-refractivity contribution in [3.05, 3.63) is 48.0 Å². The summed E-state index contributed by atoms with van der Waals surface area (Å²) < 4.78 is 10.9. The highest BCUT2D eigenvalue weighted by Gasteiger charge is 2.41. The summed E-state index contributed by atoms with van der Waals surface area (Å²) in [5.74, 6) is 0. The normalized spacial score (nSPS) is 25.7. The van der Waals surface area contributed by atoms with E-state index >= 15 is 0 Å². The van der Waals surface area contributed by atoms with Crippen LogP contribution in [0, 0.1) is 0 Å². The van der Waals surface area contributed by atoms with Crippen molar-refractivity contribution in [3.63, 3.8) is 0 Å². The van der Waals surface area contributed by atoms with Crippen molar-refractivity contribution in [2.45, 2.75) is 38.5 Å². The first-order chi connectivity index (χ1) is 9.64. The van der Waals surface area contributed by atoms with Crippen molar-refractivity contribution < 1.29 is 14.3 Å². The lowest BCUT2D eigenvalue weighted by molar-refractivity contribution is 0.0890. The van der Waals surface area contributed by atoms with Crippen LogP contribution >= 0.6 is 0 Å². The van der Waals surface area contributed by atoms with Gasteiger partial charge in [-0.05, 0) is 25.0 Å². The van der Waals surface area contributed by atoms with Crippen molar-refractivity contribution in [2.75, 3.05) is 6.61 Å². The predicted octanol–water partition coefficient (Wildman–Crippen LogP) is 3.04. The summed E-state index contributed by atoms with van der Waals surface area (Å²) in [5.41, 5.74) is 0.564. The summed E-state index contributed by atoms with van der Waals surface area (Å²) in [5, 5.41) is 2.81. The van der Waals surface area contributed by atoms with E-state index in [0.717, 1.165) is 12.0 Å². The highest BCUT2D eigenvalue weighted by atomic mass is 16.6. The number of benzene rings is 1. The van der Waals surface area contributed by atoms with Gasteiger partial charge in [-0.3, -0.25) is 0 Å². The van der Waals surface area contributed by atoms with Crippen LogP contribution in [-0.4, -0.2) is 24.3 Å². The van der Waals surface area contributed by atoms with E-state index in [2.05, 4.69) is 5.32 Å². The maximum Gasteiger partial charge on any atom is 0.408 e. The highest BCUT2D eigenvalue weighted by Crippen LogP contribution is 2.25. The Hall–Kier alpha value is -1.81. The number of amides is 1. The summed E-state index contributed by atoms with van der Waals surface area (Å²) in [7, 11) is 0. The Morgan fingerprint density at radius 2 is 2.15 bits per heavy atom. The molecule has 4 heteroatoms. The zero-order valence-corrected chi connectivity index (χ0v) is 12.0. The largest absolute Gasteiger partial charge is 0.437 e. The van der Waals surface area contributed by atoms with Gasteiger partial charge in [0.1, 0.15) is 5.60 Å². The van der Waals surface area contributed by atoms with Crippen molar-refractivity contribution in [3.8, 4) is 0 Å². The second-order valence-corrected chi connectivity index (χ2v) is 5.08. The molecule has 0 aromatic heterocycles. The summed E-state index contributed by atoms with van der Waals surface area (Å²) in [6.45, 7) is 5.01. The molecule has 20 heavy (non-hydrogen) atoms. The molecule has 0 bridgehead atoms. The lowest BCUT2D eigenvalue weighted by Gasteiger charge is -2.23. The van der Waals surface area contributed by atoms with Crippen molar-refractivity contribution in [1.29, 1.82) is 0 Å². The number of carbonyl (C=O) groups excluding carboxylic acids is 1. The van der Waals surface area contributed by atoms with E-state index in [4.69, 9.17) is 9.47 Å². The standard InChI is InChI=1S/C16H21NO3/c1-3-14-16(2,20-15(18)17-14)10-7-11-19-12-13-8-5-4-6-9-13/h4-10,14H,3,11-12H2,1-2H3,(H,17,18)/b10-7+/t14-,16+/m0/s1. The third-order valence-corrected chi connectivity index (χ3v) is 3.48. The monoisotopic (exact) mass is 275 g/mol. The van der Waals surface area contributed by atoms with Crippen LogP contribution in [0.25, 0.3) is 0 Å². The van der Waals surface area contributed by atoms with Crippen molar-refractivity contribution >= 4 is 6.09 Å². The molecule has 0 aliphatic carbocycles. The van der Waals surface area contributed by atoms with E-state index in [1.54, 1.807) is 0 Å². The Labute approximate surface area is 119 Å². The summed E-state index contributed by atoms with van der Waals surface area (Å²) in [4.78, 5) is 11.3. The van der Waals surface area contributed by atoms with Crippen LogP contribution in [-0.2, 0) is 16.1 Å². The molecule has 4 nitrogen and oxygen atoms in total. The zero-order chi connectivity index (χ0) is 14.4. The third kappa shape index (κ3) is 3.61. The molecule has 1 aliphatic heterocycles. The molecular weight excluding hydrogens is 254 g/mol. The Balaban J connectivity index is 1.80. The van der Waals surface area contributed by atoms with Gasteiger partial charge in [0.25, 0.3) is 0 Å². The second-order valence-electron chi connectivity index (χ2n) is 5.08. The fourth-order valence-electron chi connectivity index (χ4n) is 2.34. The van der Waals surface area contributed by atoms with Crippen LogP contribution in [0.15, 0.2) is 42.5 Å². The van der Waals surface area contributed by atoms with Gasteiger partial charge >= 0.3 is 6.09 Å². The number of nitrogens with one attached hydrogen (secondary N) is 1. The first kappa shape index (κ1) is 14.6. The van der Waals surface area contributed by atoms with Crippen LogP contribution < -0.4 is 5.32 Å². The van der Waals surface area contributed by atoms with E-state index < -0.39 is 5.60 Å². The quantitative estimate of drug-likeness (QED) is 0.641. The molecule has 1 aliphatic rings. The van der Waals surface area contributed by atoms with Gasteiger partial charge < -0.3 is 14.8 Å². The Kier molecular flexibility index (Phi) is 4.79. The summed E-state index contributed by atoms with van der Waals surface area (Å²) in [6, 6.07) is 10.0. The number of ether oxygens (including phenoxy) is 2. The van der Waals surface area contributed by atoms with E-state index in [0.29, 0.717) is 13.2 Å². The minimum absolute atomic E-state index is 0.0142. The van der Waals surface area contributed by atoms with Gasteiger partial charge in [0.15, 0.2) is 0 Å². The molecule has 1 amide bonds. The lowest BCUT2D eigenvalue weighted by Crippen LogP contribution is -2.38. The smallest absolute Gasteiger partial charge is 0.408 e. The number of carbonyl (C=O) groups is 1. The molecule has 1 heterocycles.